The lowest BCUT2D eigenvalue weighted by Crippen LogP contribution is -2.25. The molecule has 0 heterocycles. The highest BCUT2D eigenvalue weighted by atomic mass is 16.3. The van der Waals surface area contributed by atoms with Crippen LogP contribution >= 0.6 is 0 Å². The summed E-state index contributed by atoms with van der Waals surface area (Å²) in [6.45, 7) is 8.09. The second-order valence-corrected chi connectivity index (χ2v) is 7.86. The van der Waals surface area contributed by atoms with Gasteiger partial charge in [-0.25, -0.2) is 0 Å². The zero-order valence-electron chi connectivity index (χ0n) is 16.4. The van der Waals surface area contributed by atoms with Crippen molar-refractivity contribution in [3.05, 3.63) is 24.8 Å². The van der Waals surface area contributed by atoms with Gasteiger partial charge in [-0.3, -0.25) is 0 Å². The Bertz CT molecular complexity index is 393. The molecule has 25 heavy (non-hydrogen) atoms. The largest absolute Gasteiger partial charge is 0.393 e. The molecule has 5 atom stereocenters. The second kappa shape index (κ2) is 11.9. The Hall–Kier alpha value is -0.640. The Morgan fingerprint density at radius 3 is 2.32 bits per heavy atom. The van der Waals surface area contributed by atoms with Gasteiger partial charge in [0, 0.05) is 12.3 Å². The van der Waals surface area contributed by atoms with Gasteiger partial charge in [-0.2, -0.15) is 0 Å². The molecule has 1 aliphatic rings. The van der Waals surface area contributed by atoms with Gasteiger partial charge in [0.15, 0.2) is 0 Å². The standard InChI is InChI=1S/C22H40O3/c1-4-7-9-10-11-13-18-19(21(24)17-20(18)23)14-12-16-22(25,6-3)15-8-5-2/h6,12,14,18-21,23-25H,3-5,7-11,13,15-17H2,1-2H3/t18-,19-,20+,21-,22?/m1/s1. The van der Waals surface area contributed by atoms with Gasteiger partial charge >= 0.3 is 0 Å². The van der Waals surface area contributed by atoms with E-state index < -0.39 is 17.8 Å². The minimum absolute atomic E-state index is 0.00131. The number of hydrogen-bond donors (Lipinski definition) is 3. The Balaban J connectivity index is 2.55. The molecule has 1 fully saturated rings. The van der Waals surface area contributed by atoms with E-state index in [4.69, 9.17) is 0 Å². The first-order chi connectivity index (χ1) is 12.0. The minimum atomic E-state index is -0.857. The third kappa shape index (κ3) is 7.64. The van der Waals surface area contributed by atoms with Crippen molar-refractivity contribution in [2.45, 2.75) is 102 Å². The Labute approximate surface area is 154 Å². The van der Waals surface area contributed by atoms with E-state index in [0.29, 0.717) is 19.3 Å². The molecule has 0 aliphatic heterocycles. The fourth-order valence-corrected chi connectivity index (χ4v) is 3.96. The Kier molecular flexibility index (Phi) is 10.6. The van der Waals surface area contributed by atoms with Crippen LogP contribution in [-0.2, 0) is 0 Å². The van der Waals surface area contributed by atoms with Crippen LogP contribution in [0.4, 0.5) is 0 Å². The number of aliphatic hydroxyl groups is 3. The Morgan fingerprint density at radius 1 is 1.00 bits per heavy atom. The van der Waals surface area contributed by atoms with Crippen LogP contribution < -0.4 is 0 Å². The van der Waals surface area contributed by atoms with Crippen LogP contribution in [0, 0.1) is 11.8 Å². The number of rotatable bonds is 13. The molecule has 0 saturated heterocycles. The van der Waals surface area contributed by atoms with Gasteiger partial charge in [0.2, 0.25) is 0 Å². The molecule has 3 heteroatoms. The van der Waals surface area contributed by atoms with E-state index in [1.54, 1.807) is 6.08 Å². The van der Waals surface area contributed by atoms with Crippen molar-refractivity contribution in [3.63, 3.8) is 0 Å². The smallest absolute Gasteiger partial charge is 0.0859 e. The van der Waals surface area contributed by atoms with Crippen LogP contribution in [0.15, 0.2) is 24.8 Å². The summed E-state index contributed by atoms with van der Waals surface area (Å²) < 4.78 is 0. The third-order valence-corrected chi connectivity index (χ3v) is 5.73. The predicted octanol–water partition coefficient (Wildman–Crippen LogP) is 4.76. The van der Waals surface area contributed by atoms with Gasteiger partial charge in [-0.1, -0.05) is 77.0 Å². The molecule has 0 spiro atoms. The summed E-state index contributed by atoms with van der Waals surface area (Å²) in [5.74, 6) is 0.141. The summed E-state index contributed by atoms with van der Waals surface area (Å²) in [6, 6.07) is 0. The van der Waals surface area contributed by atoms with Crippen molar-refractivity contribution in [3.8, 4) is 0 Å². The monoisotopic (exact) mass is 352 g/mol. The fraction of sp³-hybridized carbons (Fsp3) is 0.818. The van der Waals surface area contributed by atoms with Crippen molar-refractivity contribution >= 4 is 0 Å². The van der Waals surface area contributed by atoms with E-state index in [1.807, 2.05) is 12.2 Å². The first kappa shape index (κ1) is 22.4. The van der Waals surface area contributed by atoms with Crippen LogP contribution in [0.1, 0.15) is 84.5 Å². The molecule has 0 aromatic heterocycles. The van der Waals surface area contributed by atoms with Gasteiger partial charge in [0.25, 0.3) is 0 Å². The molecule has 0 aromatic carbocycles. The maximum Gasteiger partial charge on any atom is 0.0859 e. The van der Waals surface area contributed by atoms with Gasteiger partial charge in [-0.15, -0.1) is 6.58 Å². The highest BCUT2D eigenvalue weighted by molar-refractivity contribution is 5.07. The van der Waals surface area contributed by atoms with E-state index >= 15 is 0 Å². The average Bonchev–Trinajstić information content (AvgIpc) is 2.86. The maximum atomic E-state index is 10.6. The average molecular weight is 353 g/mol. The van der Waals surface area contributed by atoms with Crippen LogP contribution in [0.3, 0.4) is 0 Å². The Morgan fingerprint density at radius 2 is 1.68 bits per heavy atom. The molecular formula is C22H40O3. The summed E-state index contributed by atoms with van der Waals surface area (Å²) in [6.07, 6.45) is 15.6. The van der Waals surface area contributed by atoms with Crippen LogP contribution in [0.25, 0.3) is 0 Å². The molecule has 0 bridgehead atoms. The van der Waals surface area contributed by atoms with Crippen molar-refractivity contribution < 1.29 is 15.3 Å². The first-order valence-corrected chi connectivity index (χ1v) is 10.4. The quantitative estimate of drug-likeness (QED) is 0.331. The normalized spacial score (nSPS) is 29.2. The number of unbranched alkanes of at least 4 members (excludes halogenated alkanes) is 5. The van der Waals surface area contributed by atoms with E-state index in [0.717, 1.165) is 25.7 Å². The van der Waals surface area contributed by atoms with E-state index in [-0.39, 0.29) is 11.8 Å². The zero-order chi connectivity index (χ0) is 18.7. The molecule has 1 rings (SSSR count). The fourth-order valence-electron chi connectivity index (χ4n) is 3.96. The van der Waals surface area contributed by atoms with Crippen LogP contribution in [0.2, 0.25) is 0 Å². The predicted molar refractivity (Wildman–Crippen MR) is 105 cm³/mol. The summed E-state index contributed by atoms with van der Waals surface area (Å²) in [4.78, 5) is 0. The summed E-state index contributed by atoms with van der Waals surface area (Å²) in [7, 11) is 0. The molecule has 0 aromatic rings. The third-order valence-electron chi connectivity index (χ3n) is 5.73. The molecule has 0 amide bonds. The minimum Gasteiger partial charge on any atom is -0.393 e. The molecule has 1 unspecified atom stereocenters. The SMILES string of the molecule is C=CC(O)(CC=C[C@@H]1[C@@H](CCCCCCC)[C@@H](O)C[C@H]1O)CCCC. The summed E-state index contributed by atoms with van der Waals surface area (Å²) in [5, 5.41) is 31.2. The van der Waals surface area contributed by atoms with E-state index in [1.165, 1.54) is 25.7 Å². The van der Waals surface area contributed by atoms with Gasteiger partial charge in [-0.05, 0) is 25.2 Å². The molecule has 3 nitrogen and oxygen atoms in total. The van der Waals surface area contributed by atoms with Crippen molar-refractivity contribution in [1.82, 2.24) is 0 Å². The number of hydrogen-bond acceptors (Lipinski definition) is 3. The van der Waals surface area contributed by atoms with Gasteiger partial charge in [0.05, 0.1) is 17.8 Å². The molecular weight excluding hydrogens is 312 g/mol. The van der Waals surface area contributed by atoms with E-state index in [9.17, 15) is 15.3 Å². The summed E-state index contributed by atoms with van der Waals surface area (Å²) in [5.41, 5.74) is -0.857. The van der Waals surface area contributed by atoms with Crippen molar-refractivity contribution in [1.29, 1.82) is 0 Å². The molecule has 1 saturated carbocycles. The lowest BCUT2D eigenvalue weighted by molar-refractivity contribution is 0.0818. The van der Waals surface area contributed by atoms with Crippen LogP contribution in [-0.4, -0.2) is 33.1 Å². The topological polar surface area (TPSA) is 60.7 Å². The lowest BCUT2D eigenvalue weighted by atomic mass is 9.87. The zero-order valence-corrected chi connectivity index (χ0v) is 16.4. The van der Waals surface area contributed by atoms with Crippen molar-refractivity contribution in [2.75, 3.05) is 0 Å². The highest BCUT2D eigenvalue weighted by Crippen LogP contribution is 2.37. The highest BCUT2D eigenvalue weighted by Gasteiger charge is 2.39. The summed E-state index contributed by atoms with van der Waals surface area (Å²) >= 11 is 0. The first-order valence-electron chi connectivity index (χ1n) is 10.4. The molecule has 146 valence electrons. The second-order valence-electron chi connectivity index (χ2n) is 7.86. The van der Waals surface area contributed by atoms with Gasteiger partial charge in [0.1, 0.15) is 0 Å². The molecule has 1 aliphatic carbocycles. The maximum absolute atomic E-state index is 10.6. The van der Waals surface area contributed by atoms with Crippen molar-refractivity contribution in [2.24, 2.45) is 11.8 Å². The number of aliphatic hydroxyl groups excluding tert-OH is 2. The molecule has 3 N–H and O–H groups in total. The molecule has 0 radical (unpaired) electrons. The van der Waals surface area contributed by atoms with Crippen LogP contribution in [0.5, 0.6) is 0 Å². The van der Waals surface area contributed by atoms with E-state index in [2.05, 4.69) is 20.4 Å². The lowest BCUT2D eigenvalue weighted by Gasteiger charge is -2.24. The van der Waals surface area contributed by atoms with Gasteiger partial charge < -0.3 is 15.3 Å².